The van der Waals surface area contributed by atoms with Crippen molar-refractivity contribution in [3.8, 4) is 0 Å². The number of sulfonamides is 1. The van der Waals surface area contributed by atoms with Gasteiger partial charge in [0.25, 0.3) is 0 Å². The molecule has 0 N–H and O–H groups in total. The van der Waals surface area contributed by atoms with E-state index in [4.69, 9.17) is 0 Å². The van der Waals surface area contributed by atoms with Gasteiger partial charge in [-0.1, -0.05) is 17.7 Å². The Morgan fingerprint density at radius 1 is 1.00 bits per heavy atom. The zero-order chi connectivity index (χ0) is 16.4. The number of nitrogens with zero attached hydrogens (tertiary/aromatic N) is 1. The second-order valence-electron chi connectivity index (χ2n) is 4.74. The lowest BCUT2D eigenvalue weighted by molar-refractivity contribution is -0.308. The number of carbonyl (C=O) groups is 2. The van der Waals surface area contributed by atoms with E-state index in [0.29, 0.717) is 15.4 Å². The summed E-state index contributed by atoms with van der Waals surface area (Å²) in [6.45, 7) is 2.80. The van der Waals surface area contributed by atoms with E-state index in [9.17, 15) is 28.2 Å². The van der Waals surface area contributed by atoms with Crippen molar-refractivity contribution in [2.24, 2.45) is 0 Å². The second kappa shape index (κ2) is 6.23. The van der Waals surface area contributed by atoms with Gasteiger partial charge in [0.1, 0.15) is 0 Å². The lowest BCUT2D eigenvalue weighted by atomic mass is 10.1. The molecular formula is C13H15NO6S-2. The molecule has 1 aromatic rings. The minimum absolute atomic E-state index is 0.101. The minimum atomic E-state index is -4.28. The van der Waals surface area contributed by atoms with Gasteiger partial charge in [-0.25, -0.2) is 8.42 Å². The number of aryl methyl sites for hydroxylation is 3. The molecule has 21 heavy (non-hydrogen) atoms. The van der Waals surface area contributed by atoms with Crippen LogP contribution in [0.15, 0.2) is 17.0 Å². The number of carboxylic acid groups (broad SMARTS) is 2. The fourth-order valence-corrected chi connectivity index (χ4v) is 3.96. The molecule has 0 saturated carbocycles. The molecule has 8 heteroatoms. The van der Waals surface area contributed by atoms with Crippen molar-refractivity contribution in [1.29, 1.82) is 0 Å². The van der Waals surface area contributed by atoms with Gasteiger partial charge >= 0.3 is 0 Å². The molecule has 116 valence electrons. The summed E-state index contributed by atoms with van der Waals surface area (Å²) in [5.41, 5.74) is 1.67. The topological polar surface area (TPSA) is 118 Å². The van der Waals surface area contributed by atoms with E-state index in [1.807, 2.05) is 0 Å². The number of hydrogen-bond donors (Lipinski definition) is 0. The third-order valence-electron chi connectivity index (χ3n) is 2.81. The van der Waals surface area contributed by atoms with Crippen molar-refractivity contribution in [2.45, 2.75) is 25.7 Å². The van der Waals surface area contributed by atoms with E-state index in [0.717, 1.165) is 5.56 Å². The van der Waals surface area contributed by atoms with Gasteiger partial charge in [-0.2, -0.15) is 4.31 Å². The summed E-state index contributed by atoms with van der Waals surface area (Å²) in [5, 5.41) is 21.3. The highest BCUT2D eigenvalue weighted by molar-refractivity contribution is 7.89. The molecule has 0 bridgehead atoms. The first-order valence-electron chi connectivity index (χ1n) is 6.03. The van der Waals surface area contributed by atoms with Crippen molar-refractivity contribution in [3.63, 3.8) is 0 Å². The number of aliphatic carboxylic acids is 2. The first-order valence-corrected chi connectivity index (χ1v) is 7.47. The Balaban J connectivity index is 3.42. The molecule has 0 unspecified atom stereocenters. The molecule has 0 amide bonds. The van der Waals surface area contributed by atoms with Crippen LogP contribution in [-0.2, 0) is 19.6 Å². The lowest BCUT2D eigenvalue weighted by Gasteiger charge is -2.25. The van der Waals surface area contributed by atoms with Gasteiger partial charge in [0, 0.05) is 0 Å². The van der Waals surface area contributed by atoms with Gasteiger partial charge in [-0.05, 0) is 31.9 Å². The Morgan fingerprint density at radius 3 is 1.71 bits per heavy atom. The van der Waals surface area contributed by atoms with Gasteiger partial charge in [0.05, 0.1) is 29.9 Å². The van der Waals surface area contributed by atoms with Crippen LogP contribution >= 0.6 is 0 Å². The Labute approximate surface area is 122 Å². The van der Waals surface area contributed by atoms with E-state index in [2.05, 4.69) is 0 Å². The maximum Gasteiger partial charge on any atom is 0.244 e. The zero-order valence-corrected chi connectivity index (χ0v) is 12.7. The molecule has 0 aliphatic heterocycles. The fraction of sp³-hybridized carbons (Fsp3) is 0.385. The largest absolute Gasteiger partial charge is 0.549 e. The first-order chi connectivity index (χ1) is 9.55. The molecule has 0 aliphatic carbocycles. The Hall–Kier alpha value is -1.93. The highest BCUT2D eigenvalue weighted by Gasteiger charge is 2.28. The van der Waals surface area contributed by atoms with Crippen LogP contribution < -0.4 is 10.2 Å². The van der Waals surface area contributed by atoms with Gasteiger partial charge in [-0.15, -0.1) is 0 Å². The molecule has 0 aromatic heterocycles. The molecule has 0 heterocycles. The third kappa shape index (κ3) is 4.02. The maximum atomic E-state index is 12.5. The van der Waals surface area contributed by atoms with Gasteiger partial charge in [-0.3, -0.25) is 0 Å². The van der Waals surface area contributed by atoms with E-state index < -0.39 is 35.1 Å². The molecule has 1 rings (SSSR count). The van der Waals surface area contributed by atoms with Crippen LogP contribution in [0.3, 0.4) is 0 Å². The third-order valence-corrected chi connectivity index (χ3v) is 4.91. The standard InChI is InChI=1S/C13H17NO6S/c1-8-4-9(2)13(10(3)5-8)21(19,20)14(6-11(15)16)7-12(17)18/h4-5H,6-7H2,1-3H3,(H,15,16)(H,17,18)/p-2. The van der Waals surface area contributed by atoms with E-state index in [1.165, 1.54) is 0 Å². The summed E-state index contributed by atoms with van der Waals surface area (Å²) in [6.07, 6.45) is 0. The average molecular weight is 313 g/mol. The van der Waals surface area contributed by atoms with Gasteiger partial charge in [0.2, 0.25) is 10.0 Å². The van der Waals surface area contributed by atoms with Crippen molar-refractivity contribution in [1.82, 2.24) is 4.31 Å². The van der Waals surface area contributed by atoms with Gasteiger partial charge in [0.15, 0.2) is 0 Å². The van der Waals surface area contributed by atoms with Crippen LogP contribution in [0.25, 0.3) is 0 Å². The average Bonchev–Trinajstić information content (AvgIpc) is 2.24. The van der Waals surface area contributed by atoms with Crippen LogP contribution in [0.5, 0.6) is 0 Å². The number of benzene rings is 1. The Morgan fingerprint density at radius 2 is 1.38 bits per heavy atom. The van der Waals surface area contributed by atoms with Gasteiger partial charge < -0.3 is 19.8 Å². The van der Waals surface area contributed by atoms with Crippen molar-refractivity contribution >= 4 is 22.0 Å². The highest BCUT2D eigenvalue weighted by atomic mass is 32.2. The van der Waals surface area contributed by atoms with Crippen LogP contribution in [0.1, 0.15) is 16.7 Å². The van der Waals surface area contributed by atoms with Crippen molar-refractivity contribution < 1.29 is 28.2 Å². The van der Waals surface area contributed by atoms with Crippen molar-refractivity contribution in [2.75, 3.05) is 13.1 Å². The van der Waals surface area contributed by atoms with Crippen LogP contribution in [0.2, 0.25) is 0 Å². The van der Waals surface area contributed by atoms with Crippen molar-refractivity contribution in [3.05, 3.63) is 28.8 Å². The summed E-state index contributed by atoms with van der Waals surface area (Å²) in [4.78, 5) is 21.2. The minimum Gasteiger partial charge on any atom is -0.549 e. The van der Waals surface area contributed by atoms with Crippen LogP contribution in [-0.4, -0.2) is 37.8 Å². The number of carbonyl (C=O) groups excluding carboxylic acids is 2. The number of carboxylic acids is 2. The second-order valence-corrected chi connectivity index (χ2v) is 6.62. The van der Waals surface area contributed by atoms with E-state index in [1.54, 1.807) is 32.9 Å². The van der Waals surface area contributed by atoms with E-state index >= 15 is 0 Å². The Bertz CT molecular complexity index is 641. The number of hydrogen-bond acceptors (Lipinski definition) is 6. The van der Waals surface area contributed by atoms with E-state index in [-0.39, 0.29) is 4.90 Å². The van der Waals surface area contributed by atoms with Crippen LogP contribution in [0, 0.1) is 20.8 Å². The molecule has 7 nitrogen and oxygen atoms in total. The van der Waals surface area contributed by atoms with Crippen LogP contribution in [0.4, 0.5) is 0 Å². The molecule has 0 radical (unpaired) electrons. The molecular weight excluding hydrogens is 298 g/mol. The molecule has 0 fully saturated rings. The monoisotopic (exact) mass is 313 g/mol. The predicted molar refractivity (Wildman–Crippen MR) is 69.4 cm³/mol. The maximum absolute atomic E-state index is 12.5. The molecule has 1 aromatic carbocycles. The predicted octanol–water partition coefficient (Wildman–Crippen LogP) is -1.90. The fourth-order valence-electron chi connectivity index (χ4n) is 2.22. The smallest absolute Gasteiger partial charge is 0.244 e. The summed E-state index contributed by atoms with van der Waals surface area (Å²) in [6, 6.07) is 3.24. The normalized spacial score (nSPS) is 11.6. The lowest BCUT2D eigenvalue weighted by Crippen LogP contribution is -2.47. The SMILES string of the molecule is Cc1cc(C)c(S(=O)(=O)N(CC(=O)[O-])CC(=O)[O-])c(C)c1. The quantitative estimate of drug-likeness (QED) is 0.605. The summed E-state index contributed by atoms with van der Waals surface area (Å²) in [7, 11) is -4.28. The summed E-state index contributed by atoms with van der Waals surface area (Å²) in [5.74, 6) is -3.38. The molecule has 0 saturated heterocycles. The summed E-state index contributed by atoms with van der Waals surface area (Å²) < 4.78 is 25.3. The highest BCUT2D eigenvalue weighted by Crippen LogP contribution is 2.24. The molecule has 0 spiro atoms. The molecule has 0 aliphatic rings. The number of rotatable bonds is 6. The Kier molecular flexibility index (Phi) is 5.08. The zero-order valence-electron chi connectivity index (χ0n) is 11.9. The summed E-state index contributed by atoms with van der Waals surface area (Å²) >= 11 is 0. The molecule has 0 atom stereocenters. The first kappa shape index (κ1) is 17.1.